The number of allylic oxidation sites excluding steroid dienone is 5. The van der Waals surface area contributed by atoms with E-state index in [1.807, 2.05) is 6.08 Å². The number of aliphatic hydroxyl groups is 2. The van der Waals surface area contributed by atoms with Crippen LogP contribution in [0.25, 0.3) is 0 Å². The van der Waals surface area contributed by atoms with E-state index < -0.39 is 12.1 Å². The summed E-state index contributed by atoms with van der Waals surface area (Å²) in [7, 11) is 0. The van der Waals surface area contributed by atoms with Gasteiger partial charge in [-0.15, -0.1) is 0 Å². The molecule has 0 spiro atoms. The third-order valence-corrected chi connectivity index (χ3v) is 15.9. The molecule has 0 aliphatic heterocycles. The zero-order valence-corrected chi connectivity index (χ0v) is 51.3. The lowest BCUT2D eigenvalue weighted by molar-refractivity contribution is -0.143. The van der Waals surface area contributed by atoms with Crippen molar-refractivity contribution in [2.75, 3.05) is 13.2 Å². The first-order chi connectivity index (χ1) is 37.5. The fraction of sp³-hybridized carbons (Fsp3) is 0.886. The molecule has 0 aromatic rings. The largest absolute Gasteiger partial charge is 0.466 e. The molecule has 0 saturated carbocycles. The van der Waals surface area contributed by atoms with Crippen molar-refractivity contribution < 1.29 is 24.5 Å². The molecular formula is C70H133NO5. The zero-order chi connectivity index (χ0) is 55.0. The average molecular weight is 1070 g/mol. The van der Waals surface area contributed by atoms with E-state index in [1.54, 1.807) is 6.08 Å². The van der Waals surface area contributed by atoms with Crippen molar-refractivity contribution in [3.8, 4) is 0 Å². The quantitative estimate of drug-likeness (QED) is 0.0320. The van der Waals surface area contributed by atoms with Crippen LogP contribution in [0.15, 0.2) is 36.5 Å². The molecule has 3 N–H and O–H groups in total. The first kappa shape index (κ1) is 74.1. The summed E-state index contributed by atoms with van der Waals surface area (Å²) >= 11 is 0. The van der Waals surface area contributed by atoms with Gasteiger partial charge in [0.05, 0.1) is 25.4 Å². The van der Waals surface area contributed by atoms with Crippen LogP contribution in [0, 0.1) is 0 Å². The number of rotatable bonds is 64. The van der Waals surface area contributed by atoms with Crippen LogP contribution in [0.2, 0.25) is 0 Å². The van der Waals surface area contributed by atoms with E-state index in [1.165, 1.54) is 295 Å². The number of hydrogen-bond acceptors (Lipinski definition) is 5. The minimum Gasteiger partial charge on any atom is -0.466 e. The molecule has 0 heterocycles. The van der Waals surface area contributed by atoms with Gasteiger partial charge >= 0.3 is 5.97 Å². The summed E-state index contributed by atoms with van der Waals surface area (Å²) in [5.74, 6) is -0.0610. The lowest BCUT2D eigenvalue weighted by Crippen LogP contribution is -2.45. The van der Waals surface area contributed by atoms with Gasteiger partial charge in [-0.05, 0) is 83.5 Å². The molecule has 0 aromatic heterocycles. The summed E-state index contributed by atoms with van der Waals surface area (Å²) in [6.07, 6.45) is 83.5. The number of ether oxygens (including phenoxy) is 1. The van der Waals surface area contributed by atoms with E-state index in [0.717, 1.165) is 51.4 Å². The van der Waals surface area contributed by atoms with Crippen LogP contribution in [-0.2, 0) is 14.3 Å². The number of aliphatic hydroxyl groups excluding tert-OH is 2. The van der Waals surface area contributed by atoms with Crippen LogP contribution in [0.3, 0.4) is 0 Å². The number of unbranched alkanes of at least 4 members (excludes halogenated alkanes) is 49. The predicted molar refractivity (Wildman–Crippen MR) is 333 cm³/mol. The molecule has 2 atom stereocenters. The van der Waals surface area contributed by atoms with Crippen LogP contribution in [-0.4, -0.2) is 47.4 Å². The van der Waals surface area contributed by atoms with E-state index >= 15 is 0 Å². The molecule has 76 heavy (non-hydrogen) atoms. The third kappa shape index (κ3) is 61.3. The van der Waals surface area contributed by atoms with E-state index in [-0.39, 0.29) is 18.5 Å². The molecule has 0 bridgehead atoms. The van der Waals surface area contributed by atoms with Gasteiger partial charge in [0.1, 0.15) is 0 Å². The second kappa shape index (κ2) is 65.6. The summed E-state index contributed by atoms with van der Waals surface area (Å²) in [6, 6.07) is -0.633. The second-order valence-corrected chi connectivity index (χ2v) is 23.5. The lowest BCUT2D eigenvalue weighted by Gasteiger charge is -2.20. The maximum absolute atomic E-state index is 12.5. The minimum absolute atomic E-state index is 0.0110. The molecular weight excluding hydrogens is 935 g/mol. The second-order valence-electron chi connectivity index (χ2n) is 23.5. The van der Waals surface area contributed by atoms with Crippen molar-refractivity contribution in [3.63, 3.8) is 0 Å². The predicted octanol–water partition coefficient (Wildman–Crippen LogP) is 21.9. The Balaban J connectivity index is 3.41. The molecule has 0 aliphatic carbocycles. The Morgan fingerprint density at radius 3 is 0.934 bits per heavy atom. The maximum Gasteiger partial charge on any atom is 0.305 e. The average Bonchev–Trinajstić information content (AvgIpc) is 3.42. The van der Waals surface area contributed by atoms with Crippen molar-refractivity contribution in [2.24, 2.45) is 0 Å². The van der Waals surface area contributed by atoms with Gasteiger partial charge in [-0.25, -0.2) is 0 Å². The van der Waals surface area contributed by atoms with Gasteiger partial charge in [0.25, 0.3) is 0 Å². The molecule has 6 nitrogen and oxygen atoms in total. The van der Waals surface area contributed by atoms with Gasteiger partial charge in [-0.1, -0.05) is 314 Å². The van der Waals surface area contributed by atoms with Gasteiger partial charge in [0.15, 0.2) is 0 Å². The summed E-state index contributed by atoms with van der Waals surface area (Å²) in [5.41, 5.74) is 0. The van der Waals surface area contributed by atoms with E-state index in [0.29, 0.717) is 19.4 Å². The summed E-state index contributed by atoms with van der Waals surface area (Å²) < 4.78 is 5.50. The van der Waals surface area contributed by atoms with Crippen molar-refractivity contribution in [1.82, 2.24) is 5.32 Å². The highest BCUT2D eigenvalue weighted by Gasteiger charge is 2.18. The Labute approximate surface area is 474 Å². The molecule has 448 valence electrons. The van der Waals surface area contributed by atoms with E-state index in [9.17, 15) is 19.8 Å². The first-order valence-corrected chi connectivity index (χ1v) is 34.3. The topological polar surface area (TPSA) is 95.9 Å². The molecule has 0 fully saturated rings. The van der Waals surface area contributed by atoms with Gasteiger partial charge < -0.3 is 20.3 Å². The Kier molecular flexibility index (Phi) is 63.9. The van der Waals surface area contributed by atoms with Crippen molar-refractivity contribution >= 4 is 11.9 Å². The maximum atomic E-state index is 12.5. The number of carbonyl (C=O) groups excluding carboxylic acids is 2. The van der Waals surface area contributed by atoms with Gasteiger partial charge in [-0.2, -0.15) is 0 Å². The number of esters is 1. The Hall–Kier alpha value is -1.92. The molecule has 0 aliphatic rings. The van der Waals surface area contributed by atoms with Crippen molar-refractivity contribution in [1.29, 1.82) is 0 Å². The van der Waals surface area contributed by atoms with Crippen molar-refractivity contribution in [3.05, 3.63) is 36.5 Å². The summed E-state index contributed by atoms with van der Waals surface area (Å²) in [5, 5.41) is 23.2. The highest BCUT2D eigenvalue weighted by molar-refractivity contribution is 5.76. The highest BCUT2D eigenvalue weighted by Crippen LogP contribution is 2.18. The minimum atomic E-state index is -0.849. The fourth-order valence-electron chi connectivity index (χ4n) is 10.6. The van der Waals surface area contributed by atoms with Crippen LogP contribution in [0.1, 0.15) is 373 Å². The molecule has 0 rings (SSSR count). The normalized spacial score (nSPS) is 12.7. The first-order valence-electron chi connectivity index (χ1n) is 34.3. The Morgan fingerprint density at radius 1 is 0.355 bits per heavy atom. The van der Waals surface area contributed by atoms with Crippen LogP contribution in [0.5, 0.6) is 0 Å². The SMILES string of the molecule is CCCCCCCC/C=C\CCCCCCCCCCCC(=O)OCCCCCCCCCCCCCC/C=C\CCCCCCCCCC(=O)NC(CO)C(O)/C=C/CCCCCCCCCCCCCCCCC. The smallest absolute Gasteiger partial charge is 0.305 e. The van der Waals surface area contributed by atoms with Gasteiger partial charge in [0.2, 0.25) is 5.91 Å². The number of carbonyl (C=O) groups is 2. The van der Waals surface area contributed by atoms with Gasteiger partial charge in [0, 0.05) is 12.8 Å². The highest BCUT2D eigenvalue weighted by atomic mass is 16.5. The van der Waals surface area contributed by atoms with E-state index in [4.69, 9.17) is 4.74 Å². The Bertz CT molecular complexity index is 1230. The summed E-state index contributed by atoms with van der Waals surface area (Å²) in [6.45, 7) is 4.92. The standard InChI is InChI=1S/C70H133NO5/c1-3-5-7-9-11-13-15-17-19-21-27-32-36-40-44-48-52-56-60-64-70(75)76-65-61-57-53-49-45-41-37-33-29-26-24-22-23-25-28-31-35-39-43-47-51-55-59-63-69(74)71-67(66-72)68(73)62-58-54-50-46-42-38-34-30-20-18-16-14-12-10-8-6-4-2/h17,19,25,28,58,62,67-68,72-73H,3-16,18,20-24,26-27,29-57,59-61,63-66H2,1-2H3,(H,71,74)/b19-17-,28-25-,62-58+. The number of nitrogens with one attached hydrogen (secondary N) is 1. The lowest BCUT2D eigenvalue weighted by atomic mass is 10.0. The van der Waals surface area contributed by atoms with Crippen LogP contribution in [0.4, 0.5) is 0 Å². The Morgan fingerprint density at radius 2 is 0.618 bits per heavy atom. The molecule has 2 unspecified atom stereocenters. The summed E-state index contributed by atoms with van der Waals surface area (Å²) in [4.78, 5) is 24.6. The number of hydrogen-bond donors (Lipinski definition) is 3. The molecule has 0 saturated heterocycles. The zero-order valence-electron chi connectivity index (χ0n) is 51.3. The molecule has 0 aromatic carbocycles. The van der Waals surface area contributed by atoms with Gasteiger partial charge in [-0.3, -0.25) is 9.59 Å². The molecule has 1 amide bonds. The molecule has 0 radical (unpaired) electrons. The third-order valence-electron chi connectivity index (χ3n) is 15.9. The molecule has 6 heteroatoms. The van der Waals surface area contributed by atoms with E-state index in [2.05, 4.69) is 43.5 Å². The van der Waals surface area contributed by atoms with Crippen LogP contribution >= 0.6 is 0 Å². The van der Waals surface area contributed by atoms with Crippen LogP contribution < -0.4 is 5.32 Å². The monoisotopic (exact) mass is 1070 g/mol. The number of amides is 1. The van der Waals surface area contributed by atoms with Crippen molar-refractivity contribution in [2.45, 2.75) is 386 Å². The fourth-order valence-corrected chi connectivity index (χ4v) is 10.6.